The molecule has 0 radical (unpaired) electrons. The van der Waals surface area contributed by atoms with E-state index in [9.17, 15) is 18.4 Å². The van der Waals surface area contributed by atoms with Crippen LogP contribution in [0.1, 0.15) is 54.8 Å². The summed E-state index contributed by atoms with van der Waals surface area (Å²) >= 11 is 0. The second-order valence-corrected chi connectivity index (χ2v) is 8.33. The van der Waals surface area contributed by atoms with E-state index >= 15 is 0 Å². The van der Waals surface area contributed by atoms with Gasteiger partial charge in [-0.25, -0.2) is 13.8 Å². The van der Waals surface area contributed by atoms with E-state index < -0.39 is 35.0 Å². The van der Waals surface area contributed by atoms with Gasteiger partial charge in [0.1, 0.15) is 23.4 Å². The number of hydrogen-bond donors (Lipinski definition) is 1. The van der Waals surface area contributed by atoms with Crippen molar-refractivity contribution >= 4 is 11.8 Å². The third-order valence-corrected chi connectivity index (χ3v) is 5.40. The van der Waals surface area contributed by atoms with Gasteiger partial charge in [-0.1, -0.05) is 31.2 Å². The number of amides is 2. The molecule has 0 fully saturated rings. The van der Waals surface area contributed by atoms with Gasteiger partial charge in [0, 0.05) is 24.5 Å². The lowest BCUT2D eigenvalue weighted by Crippen LogP contribution is -2.50. The van der Waals surface area contributed by atoms with Gasteiger partial charge in [-0.3, -0.25) is 14.6 Å². The van der Waals surface area contributed by atoms with E-state index in [0.717, 1.165) is 0 Å². The SMILES string of the molecule is CCC(C)(C)NC(=O)C(c1ccc(F)cc1)N(Cc1ccc(F)cc1)C(=O)c1cnccn1. The Morgan fingerprint density at radius 3 is 2.15 bits per heavy atom. The molecule has 0 bridgehead atoms. The average Bonchev–Trinajstić information content (AvgIpc) is 2.81. The maximum atomic E-state index is 13.7. The molecule has 1 N–H and O–H groups in total. The number of rotatable bonds is 8. The lowest BCUT2D eigenvalue weighted by atomic mass is 9.98. The van der Waals surface area contributed by atoms with Crippen LogP contribution in [0.5, 0.6) is 0 Å². The zero-order chi connectivity index (χ0) is 24.0. The van der Waals surface area contributed by atoms with Crippen LogP contribution >= 0.6 is 0 Å². The van der Waals surface area contributed by atoms with Crippen LogP contribution < -0.4 is 5.32 Å². The van der Waals surface area contributed by atoms with E-state index in [1.54, 1.807) is 12.1 Å². The summed E-state index contributed by atoms with van der Waals surface area (Å²) in [7, 11) is 0. The Kier molecular flexibility index (Phi) is 7.48. The first-order valence-corrected chi connectivity index (χ1v) is 10.6. The lowest BCUT2D eigenvalue weighted by molar-refractivity contribution is -0.127. The number of aromatic nitrogens is 2. The quantitative estimate of drug-likeness (QED) is 0.548. The summed E-state index contributed by atoms with van der Waals surface area (Å²) in [6.45, 7) is 5.69. The van der Waals surface area contributed by atoms with Crippen molar-refractivity contribution in [2.75, 3.05) is 0 Å². The van der Waals surface area contributed by atoms with E-state index in [4.69, 9.17) is 0 Å². The largest absolute Gasteiger partial charge is 0.349 e. The second kappa shape index (κ2) is 10.3. The summed E-state index contributed by atoms with van der Waals surface area (Å²) in [5, 5.41) is 2.98. The first-order chi connectivity index (χ1) is 15.7. The molecule has 1 heterocycles. The Morgan fingerprint density at radius 1 is 1.00 bits per heavy atom. The summed E-state index contributed by atoms with van der Waals surface area (Å²) < 4.78 is 27.1. The number of hydrogen-bond acceptors (Lipinski definition) is 4. The molecule has 1 atom stereocenters. The van der Waals surface area contributed by atoms with Crippen LogP contribution in [-0.2, 0) is 11.3 Å². The fourth-order valence-electron chi connectivity index (χ4n) is 3.23. The number of halogens is 2. The first-order valence-electron chi connectivity index (χ1n) is 10.6. The smallest absolute Gasteiger partial charge is 0.275 e. The summed E-state index contributed by atoms with van der Waals surface area (Å²) in [6, 6.07) is 9.99. The van der Waals surface area contributed by atoms with Gasteiger partial charge in [-0.2, -0.15) is 0 Å². The molecule has 0 spiro atoms. The molecule has 2 amide bonds. The fraction of sp³-hybridized carbons (Fsp3) is 0.280. The predicted octanol–water partition coefficient (Wildman–Crippen LogP) is 4.44. The van der Waals surface area contributed by atoms with Gasteiger partial charge in [-0.05, 0) is 55.7 Å². The fourth-order valence-corrected chi connectivity index (χ4v) is 3.23. The van der Waals surface area contributed by atoms with Crippen molar-refractivity contribution in [2.24, 2.45) is 0 Å². The molecule has 6 nitrogen and oxygen atoms in total. The zero-order valence-corrected chi connectivity index (χ0v) is 18.8. The van der Waals surface area contributed by atoms with Crippen LogP contribution in [0.15, 0.2) is 67.1 Å². The molecule has 3 aromatic rings. The Hall–Kier alpha value is -3.68. The number of benzene rings is 2. The summed E-state index contributed by atoms with van der Waals surface area (Å²) in [5.74, 6) is -1.83. The monoisotopic (exact) mass is 452 g/mol. The number of carbonyl (C=O) groups excluding carboxylic acids is 2. The van der Waals surface area contributed by atoms with Gasteiger partial charge in [-0.15, -0.1) is 0 Å². The number of nitrogens with zero attached hydrogens (tertiary/aromatic N) is 3. The van der Waals surface area contributed by atoms with E-state index in [0.29, 0.717) is 17.5 Å². The maximum Gasteiger partial charge on any atom is 0.275 e. The third kappa shape index (κ3) is 6.19. The molecule has 0 aliphatic heterocycles. The molecular formula is C25H26F2N4O2. The Morgan fingerprint density at radius 2 is 1.61 bits per heavy atom. The molecule has 0 saturated carbocycles. The van der Waals surface area contributed by atoms with E-state index in [1.807, 2.05) is 20.8 Å². The summed E-state index contributed by atoms with van der Waals surface area (Å²) in [4.78, 5) is 36.4. The standard InChI is InChI=1S/C25H26F2N4O2/c1-4-25(2,3)30-23(32)22(18-7-11-20(27)12-8-18)31(16-17-5-9-19(26)10-6-17)24(33)21-15-28-13-14-29-21/h5-15,22H,4,16H2,1-3H3,(H,30,32). The van der Waals surface area contributed by atoms with Crippen molar-refractivity contribution in [3.8, 4) is 0 Å². The highest BCUT2D eigenvalue weighted by Crippen LogP contribution is 2.27. The summed E-state index contributed by atoms with van der Waals surface area (Å²) in [5.41, 5.74) is 0.560. The van der Waals surface area contributed by atoms with Crippen molar-refractivity contribution in [3.05, 3.63) is 95.6 Å². The van der Waals surface area contributed by atoms with E-state index in [1.165, 1.54) is 59.9 Å². The van der Waals surface area contributed by atoms with Crippen LogP contribution in [0.4, 0.5) is 8.78 Å². The van der Waals surface area contributed by atoms with Gasteiger partial charge in [0.15, 0.2) is 0 Å². The highest BCUT2D eigenvalue weighted by atomic mass is 19.1. The van der Waals surface area contributed by atoms with Crippen LogP contribution in [0.2, 0.25) is 0 Å². The molecule has 2 aromatic carbocycles. The lowest BCUT2D eigenvalue weighted by Gasteiger charge is -2.34. The molecular weight excluding hydrogens is 426 g/mol. The number of carbonyl (C=O) groups is 2. The Labute approximate surface area is 191 Å². The topological polar surface area (TPSA) is 75.2 Å². The first kappa shape index (κ1) is 24.0. The molecule has 3 rings (SSSR count). The molecule has 1 unspecified atom stereocenters. The van der Waals surface area contributed by atoms with Crippen LogP contribution in [0.3, 0.4) is 0 Å². The average molecular weight is 453 g/mol. The molecule has 0 aliphatic rings. The van der Waals surface area contributed by atoms with Crippen molar-refractivity contribution in [1.82, 2.24) is 20.2 Å². The van der Waals surface area contributed by atoms with Crippen LogP contribution in [0.25, 0.3) is 0 Å². The Balaban J connectivity index is 2.10. The summed E-state index contributed by atoms with van der Waals surface area (Å²) in [6.07, 6.45) is 4.80. The zero-order valence-electron chi connectivity index (χ0n) is 18.8. The predicted molar refractivity (Wildman–Crippen MR) is 120 cm³/mol. The molecule has 33 heavy (non-hydrogen) atoms. The maximum absolute atomic E-state index is 13.7. The molecule has 8 heteroatoms. The van der Waals surface area contributed by atoms with E-state index in [2.05, 4.69) is 15.3 Å². The van der Waals surface area contributed by atoms with Gasteiger partial charge >= 0.3 is 0 Å². The third-order valence-electron chi connectivity index (χ3n) is 5.40. The number of nitrogens with one attached hydrogen (secondary N) is 1. The second-order valence-electron chi connectivity index (χ2n) is 8.33. The van der Waals surface area contributed by atoms with Crippen LogP contribution in [0, 0.1) is 11.6 Å². The van der Waals surface area contributed by atoms with Crippen molar-refractivity contribution < 1.29 is 18.4 Å². The normalized spacial score (nSPS) is 12.2. The van der Waals surface area contributed by atoms with Gasteiger partial charge in [0.05, 0.1) is 6.20 Å². The minimum Gasteiger partial charge on any atom is -0.349 e. The van der Waals surface area contributed by atoms with Gasteiger partial charge in [0.25, 0.3) is 5.91 Å². The van der Waals surface area contributed by atoms with Crippen molar-refractivity contribution in [2.45, 2.75) is 45.3 Å². The minimum absolute atomic E-state index is 0.00228. The highest BCUT2D eigenvalue weighted by molar-refractivity contribution is 5.96. The van der Waals surface area contributed by atoms with Gasteiger partial charge < -0.3 is 10.2 Å². The molecule has 0 aliphatic carbocycles. The molecule has 172 valence electrons. The Bertz CT molecular complexity index is 1090. The van der Waals surface area contributed by atoms with E-state index in [-0.39, 0.29) is 12.2 Å². The van der Waals surface area contributed by atoms with Gasteiger partial charge in [0.2, 0.25) is 5.91 Å². The van der Waals surface area contributed by atoms with Crippen LogP contribution in [-0.4, -0.2) is 32.2 Å². The highest BCUT2D eigenvalue weighted by Gasteiger charge is 2.35. The van der Waals surface area contributed by atoms with Crippen molar-refractivity contribution in [1.29, 1.82) is 0 Å². The molecule has 1 aromatic heterocycles. The van der Waals surface area contributed by atoms with Crippen molar-refractivity contribution in [3.63, 3.8) is 0 Å². The minimum atomic E-state index is -1.09. The molecule has 0 saturated heterocycles.